The Morgan fingerprint density at radius 1 is 1.36 bits per heavy atom. The van der Waals surface area contributed by atoms with Gasteiger partial charge in [0, 0.05) is 18.0 Å². The molecule has 0 saturated heterocycles. The molecule has 5 nitrogen and oxygen atoms in total. The van der Waals surface area contributed by atoms with Gasteiger partial charge in [-0.05, 0) is 44.4 Å². The number of furan rings is 1. The van der Waals surface area contributed by atoms with Gasteiger partial charge >= 0.3 is 0 Å². The van der Waals surface area contributed by atoms with Crippen LogP contribution >= 0.6 is 11.6 Å². The standard InChI is InChI=1S/C18H17ClFN3O2/c1-23(2)15(16-4-3-7-25-16)10-21-18(24)13-8-11-5-6-12(20)9-14(11)22-17(13)19/h3-9,15H,10H2,1-2H3,(H,21,24). The molecule has 7 heteroatoms. The number of fused-ring (bicyclic) bond motifs is 1. The zero-order chi connectivity index (χ0) is 18.0. The van der Waals surface area contributed by atoms with Gasteiger partial charge in [0.05, 0.1) is 23.4 Å². The van der Waals surface area contributed by atoms with Gasteiger partial charge in [0.25, 0.3) is 5.91 Å². The summed E-state index contributed by atoms with van der Waals surface area (Å²) in [4.78, 5) is 18.6. The smallest absolute Gasteiger partial charge is 0.254 e. The average Bonchev–Trinajstić information content (AvgIpc) is 3.08. The summed E-state index contributed by atoms with van der Waals surface area (Å²) in [7, 11) is 3.80. The first-order chi connectivity index (χ1) is 12.0. The van der Waals surface area contributed by atoms with Gasteiger partial charge in [0.2, 0.25) is 0 Å². The number of halogens is 2. The van der Waals surface area contributed by atoms with Crippen molar-refractivity contribution in [3.8, 4) is 0 Å². The van der Waals surface area contributed by atoms with Crippen molar-refractivity contribution in [2.75, 3.05) is 20.6 Å². The highest BCUT2D eigenvalue weighted by Gasteiger charge is 2.20. The second-order valence-corrected chi connectivity index (χ2v) is 6.23. The maximum absolute atomic E-state index is 13.3. The number of nitrogens with one attached hydrogen (secondary N) is 1. The number of amides is 1. The summed E-state index contributed by atoms with van der Waals surface area (Å²) in [6.07, 6.45) is 1.59. The van der Waals surface area contributed by atoms with Gasteiger partial charge in [-0.25, -0.2) is 9.37 Å². The minimum atomic E-state index is -0.402. The minimum Gasteiger partial charge on any atom is -0.468 e. The normalized spacial score (nSPS) is 12.5. The Kier molecular flexibility index (Phi) is 5.01. The Morgan fingerprint density at radius 2 is 2.16 bits per heavy atom. The molecule has 1 aromatic carbocycles. The van der Waals surface area contributed by atoms with Crippen LogP contribution in [0.1, 0.15) is 22.2 Å². The first-order valence-corrected chi connectivity index (χ1v) is 8.07. The fourth-order valence-corrected chi connectivity index (χ4v) is 2.81. The lowest BCUT2D eigenvalue weighted by Crippen LogP contribution is -2.34. The van der Waals surface area contributed by atoms with Crippen LogP contribution in [0.5, 0.6) is 0 Å². The van der Waals surface area contributed by atoms with Gasteiger partial charge < -0.3 is 9.73 Å². The zero-order valence-corrected chi connectivity index (χ0v) is 14.5. The van der Waals surface area contributed by atoms with E-state index in [1.54, 1.807) is 24.5 Å². The van der Waals surface area contributed by atoms with E-state index in [0.29, 0.717) is 17.4 Å². The van der Waals surface area contributed by atoms with Crippen molar-refractivity contribution in [3.05, 3.63) is 65.0 Å². The molecule has 3 aromatic rings. The van der Waals surface area contributed by atoms with Crippen molar-refractivity contribution in [2.45, 2.75) is 6.04 Å². The molecular formula is C18H17ClFN3O2. The molecule has 0 fully saturated rings. The van der Waals surface area contributed by atoms with Crippen molar-refractivity contribution in [1.29, 1.82) is 0 Å². The van der Waals surface area contributed by atoms with Crippen LogP contribution in [0.3, 0.4) is 0 Å². The van der Waals surface area contributed by atoms with Crippen molar-refractivity contribution in [3.63, 3.8) is 0 Å². The number of pyridine rings is 1. The predicted octanol–water partition coefficient (Wildman–Crippen LogP) is 3.65. The summed E-state index contributed by atoms with van der Waals surface area (Å²) in [6.45, 7) is 0.344. The van der Waals surface area contributed by atoms with Crippen LogP contribution < -0.4 is 5.32 Å². The van der Waals surface area contributed by atoms with E-state index in [0.717, 1.165) is 5.76 Å². The quantitative estimate of drug-likeness (QED) is 0.705. The van der Waals surface area contributed by atoms with Crippen molar-refractivity contribution >= 4 is 28.4 Å². The number of rotatable bonds is 5. The third-order valence-corrected chi connectivity index (χ3v) is 4.22. The monoisotopic (exact) mass is 361 g/mol. The van der Waals surface area contributed by atoms with Crippen LogP contribution in [0.25, 0.3) is 10.9 Å². The van der Waals surface area contributed by atoms with Gasteiger partial charge in [0.15, 0.2) is 0 Å². The van der Waals surface area contributed by atoms with Crippen LogP contribution in [0.4, 0.5) is 4.39 Å². The van der Waals surface area contributed by atoms with Crippen molar-refractivity contribution < 1.29 is 13.6 Å². The van der Waals surface area contributed by atoms with Crippen LogP contribution in [0.2, 0.25) is 5.15 Å². The molecule has 0 radical (unpaired) electrons. The third-order valence-electron chi connectivity index (χ3n) is 3.93. The van der Waals surface area contributed by atoms with Gasteiger partial charge in [-0.3, -0.25) is 9.69 Å². The van der Waals surface area contributed by atoms with E-state index in [1.165, 1.54) is 12.1 Å². The van der Waals surface area contributed by atoms with Crippen molar-refractivity contribution in [2.24, 2.45) is 0 Å². The third kappa shape index (κ3) is 3.81. The largest absolute Gasteiger partial charge is 0.468 e. The SMILES string of the molecule is CN(C)C(CNC(=O)c1cc2ccc(F)cc2nc1Cl)c1ccco1. The Morgan fingerprint density at radius 3 is 2.84 bits per heavy atom. The lowest BCUT2D eigenvalue weighted by atomic mass is 10.1. The summed E-state index contributed by atoms with van der Waals surface area (Å²) in [5.74, 6) is 0.00572. The number of carbonyl (C=O) groups excluding carboxylic acids is 1. The first-order valence-electron chi connectivity index (χ1n) is 7.69. The molecule has 130 valence electrons. The molecular weight excluding hydrogens is 345 g/mol. The van der Waals surface area contributed by atoms with Gasteiger partial charge in [0.1, 0.15) is 16.7 Å². The fourth-order valence-electron chi connectivity index (χ4n) is 2.58. The highest BCUT2D eigenvalue weighted by Crippen LogP contribution is 2.22. The van der Waals surface area contributed by atoms with Crippen LogP contribution in [0.15, 0.2) is 47.1 Å². The molecule has 2 heterocycles. The maximum Gasteiger partial charge on any atom is 0.254 e. The molecule has 0 aliphatic rings. The lowest BCUT2D eigenvalue weighted by Gasteiger charge is -2.22. The molecule has 0 bridgehead atoms. The molecule has 0 aliphatic carbocycles. The Labute approximate surface area is 149 Å². The summed E-state index contributed by atoms with van der Waals surface area (Å²) >= 11 is 6.10. The molecule has 1 unspecified atom stereocenters. The molecule has 0 aliphatic heterocycles. The number of likely N-dealkylation sites (N-methyl/N-ethyl adjacent to an activating group) is 1. The highest BCUT2D eigenvalue weighted by atomic mass is 35.5. The topological polar surface area (TPSA) is 58.4 Å². The fraction of sp³-hybridized carbons (Fsp3) is 0.222. The van der Waals surface area contributed by atoms with Gasteiger partial charge in [-0.15, -0.1) is 0 Å². The van der Waals surface area contributed by atoms with Crippen molar-refractivity contribution in [1.82, 2.24) is 15.2 Å². The second kappa shape index (κ2) is 7.21. The summed E-state index contributed by atoms with van der Waals surface area (Å²) < 4.78 is 18.7. The van der Waals surface area contributed by atoms with E-state index in [9.17, 15) is 9.18 Å². The summed E-state index contributed by atoms with van der Waals surface area (Å²) in [5, 5.41) is 3.53. The van der Waals surface area contributed by atoms with E-state index in [-0.39, 0.29) is 22.7 Å². The van der Waals surface area contributed by atoms with E-state index in [4.69, 9.17) is 16.0 Å². The molecule has 2 aromatic heterocycles. The number of aromatic nitrogens is 1. The lowest BCUT2D eigenvalue weighted by molar-refractivity contribution is 0.0939. The molecule has 1 N–H and O–H groups in total. The number of carbonyl (C=O) groups is 1. The molecule has 0 spiro atoms. The summed E-state index contributed by atoms with van der Waals surface area (Å²) in [5.41, 5.74) is 0.654. The Hall–Kier alpha value is -2.44. The van der Waals surface area contributed by atoms with E-state index in [2.05, 4.69) is 10.3 Å². The molecule has 1 atom stereocenters. The second-order valence-electron chi connectivity index (χ2n) is 5.87. The van der Waals surface area contributed by atoms with Crippen LogP contribution in [-0.2, 0) is 0 Å². The predicted molar refractivity (Wildman–Crippen MR) is 94.2 cm³/mol. The first kappa shape index (κ1) is 17.4. The number of hydrogen-bond donors (Lipinski definition) is 1. The van der Waals surface area contributed by atoms with Gasteiger partial charge in [-0.2, -0.15) is 0 Å². The summed E-state index contributed by atoms with van der Waals surface area (Å²) in [6, 6.07) is 9.32. The molecule has 0 saturated carbocycles. The van der Waals surface area contributed by atoms with E-state index in [1.807, 2.05) is 25.1 Å². The van der Waals surface area contributed by atoms with Gasteiger partial charge in [-0.1, -0.05) is 11.6 Å². The maximum atomic E-state index is 13.3. The average molecular weight is 362 g/mol. The Balaban J connectivity index is 1.80. The number of hydrogen-bond acceptors (Lipinski definition) is 4. The number of nitrogens with zero attached hydrogens (tertiary/aromatic N) is 2. The molecule has 3 rings (SSSR count). The number of benzene rings is 1. The van der Waals surface area contributed by atoms with Crippen LogP contribution in [-0.4, -0.2) is 36.4 Å². The molecule has 1 amide bonds. The van der Waals surface area contributed by atoms with E-state index >= 15 is 0 Å². The van der Waals surface area contributed by atoms with E-state index < -0.39 is 5.82 Å². The highest BCUT2D eigenvalue weighted by molar-refractivity contribution is 6.33. The van der Waals surface area contributed by atoms with Crippen LogP contribution in [0, 0.1) is 5.82 Å². The Bertz CT molecular complexity index is 897. The zero-order valence-electron chi connectivity index (χ0n) is 13.8. The minimum absolute atomic E-state index is 0.0370. The molecule has 25 heavy (non-hydrogen) atoms.